The maximum absolute atomic E-state index is 12.1. The highest BCUT2D eigenvalue weighted by Gasteiger charge is 2.46. The predicted molar refractivity (Wildman–Crippen MR) is 44.4 cm³/mol. The second-order valence-electron chi connectivity index (χ2n) is 2.77. The third-order valence-electron chi connectivity index (χ3n) is 1.60. The summed E-state index contributed by atoms with van der Waals surface area (Å²) < 4.78 is 58.0. The van der Waals surface area contributed by atoms with Gasteiger partial charge in [-0.3, -0.25) is 0 Å². The van der Waals surface area contributed by atoms with Gasteiger partial charge in [-0.25, -0.2) is 8.42 Å². The van der Waals surface area contributed by atoms with Crippen LogP contribution in [-0.4, -0.2) is 13.9 Å². The fourth-order valence-corrected chi connectivity index (χ4v) is 1.78. The summed E-state index contributed by atoms with van der Waals surface area (Å²) >= 11 is 0. The molecule has 0 fully saturated rings. The van der Waals surface area contributed by atoms with Crippen LogP contribution in [0.1, 0.15) is 5.56 Å². The molecule has 0 saturated carbocycles. The Balaban J connectivity index is 3.32. The number of aryl methyl sites for hydroxylation is 1. The van der Waals surface area contributed by atoms with Crippen molar-refractivity contribution in [2.45, 2.75) is 17.3 Å². The van der Waals surface area contributed by atoms with E-state index in [0.717, 1.165) is 12.1 Å². The number of rotatable bonds is 1. The molecule has 0 aromatic heterocycles. The first-order valence-electron chi connectivity index (χ1n) is 3.63. The Bertz CT molecular complexity index is 434. The maximum atomic E-state index is 12.1. The molecule has 14 heavy (non-hydrogen) atoms. The van der Waals surface area contributed by atoms with Crippen molar-refractivity contribution >= 4 is 9.84 Å². The third kappa shape index (κ3) is 1.89. The van der Waals surface area contributed by atoms with Crippen molar-refractivity contribution in [2.24, 2.45) is 0 Å². The van der Waals surface area contributed by atoms with Crippen molar-refractivity contribution in [3.05, 3.63) is 29.8 Å². The molecule has 0 saturated heterocycles. The minimum absolute atomic E-state index is 0.468. The highest BCUT2D eigenvalue weighted by Crippen LogP contribution is 2.30. The summed E-state index contributed by atoms with van der Waals surface area (Å²) in [5.41, 5.74) is -4.77. The second-order valence-corrected chi connectivity index (χ2v) is 4.71. The van der Waals surface area contributed by atoms with Gasteiger partial charge in [0.25, 0.3) is 9.84 Å². The molecule has 0 N–H and O–H groups in total. The van der Waals surface area contributed by atoms with E-state index in [1.807, 2.05) is 0 Å². The summed E-state index contributed by atoms with van der Waals surface area (Å²) in [6.45, 7) is 1.52. The van der Waals surface area contributed by atoms with Crippen molar-refractivity contribution in [2.75, 3.05) is 0 Å². The average Bonchev–Trinajstić information content (AvgIpc) is 2.02. The Hall–Kier alpha value is -1.04. The first-order chi connectivity index (χ1) is 6.25. The number of hydrogen-bond acceptors (Lipinski definition) is 2. The van der Waals surface area contributed by atoms with Crippen molar-refractivity contribution in [3.63, 3.8) is 0 Å². The number of alkyl halides is 3. The predicted octanol–water partition coefficient (Wildman–Crippen LogP) is 2.29. The average molecular weight is 224 g/mol. The molecule has 0 aliphatic rings. The van der Waals surface area contributed by atoms with Gasteiger partial charge < -0.3 is 0 Å². The minimum atomic E-state index is -5.24. The maximum Gasteiger partial charge on any atom is 0.501 e. The van der Waals surface area contributed by atoms with E-state index in [-0.39, 0.29) is 0 Å². The Morgan fingerprint density at radius 2 is 1.79 bits per heavy atom. The summed E-state index contributed by atoms with van der Waals surface area (Å²) in [5, 5.41) is 0. The molecular formula is C8H7F3O2S. The molecule has 0 heterocycles. The second kappa shape index (κ2) is 3.27. The summed E-state index contributed by atoms with van der Waals surface area (Å²) in [6.07, 6.45) is 0. The van der Waals surface area contributed by atoms with Crippen LogP contribution in [0.25, 0.3) is 0 Å². The van der Waals surface area contributed by atoms with Gasteiger partial charge in [0.1, 0.15) is 0 Å². The highest BCUT2D eigenvalue weighted by molar-refractivity contribution is 7.92. The van der Waals surface area contributed by atoms with Gasteiger partial charge in [-0.1, -0.05) is 12.1 Å². The molecule has 0 aliphatic carbocycles. The Morgan fingerprint density at radius 3 is 2.21 bits per heavy atom. The summed E-state index contributed by atoms with van der Waals surface area (Å²) in [5.74, 6) is 0. The van der Waals surface area contributed by atoms with Crippen LogP contribution < -0.4 is 0 Å². The van der Waals surface area contributed by atoms with Crippen LogP contribution in [0.4, 0.5) is 13.2 Å². The van der Waals surface area contributed by atoms with Crippen LogP contribution in [0, 0.1) is 6.92 Å². The molecule has 0 amide bonds. The van der Waals surface area contributed by atoms with Crippen LogP contribution in [0.5, 0.6) is 0 Å². The number of halogens is 3. The van der Waals surface area contributed by atoms with Crippen LogP contribution >= 0.6 is 0 Å². The largest absolute Gasteiger partial charge is 0.501 e. The molecule has 0 bridgehead atoms. The molecule has 0 aliphatic heterocycles. The Morgan fingerprint density at radius 1 is 1.21 bits per heavy atom. The lowest BCUT2D eigenvalue weighted by Crippen LogP contribution is -2.23. The van der Waals surface area contributed by atoms with E-state index in [1.165, 1.54) is 19.1 Å². The van der Waals surface area contributed by atoms with Gasteiger partial charge in [-0.2, -0.15) is 13.2 Å². The fraction of sp³-hybridized carbons (Fsp3) is 0.250. The van der Waals surface area contributed by atoms with Crippen LogP contribution in [0.3, 0.4) is 0 Å². The van der Waals surface area contributed by atoms with Crippen molar-refractivity contribution < 1.29 is 21.6 Å². The SMILES string of the molecule is Cc1cccc(S(=O)(=O)C(F)(F)F)c1. The first kappa shape index (κ1) is 11.0. The summed E-state index contributed by atoms with van der Waals surface area (Å²) in [7, 11) is -5.20. The first-order valence-corrected chi connectivity index (χ1v) is 5.11. The topological polar surface area (TPSA) is 34.1 Å². The monoisotopic (exact) mass is 224 g/mol. The van der Waals surface area contributed by atoms with E-state index in [2.05, 4.69) is 0 Å². The zero-order valence-corrected chi connectivity index (χ0v) is 7.98. The molecular weight excluding hydrogens is 217 g/mol. The van der Waals surface area contributed by atoms with Gasteiger partial charge in [0.05, 0.1) is 4.90 Å². The number of hydrogen-bond donors (Lipinski definition) is 0. The van der Waals surface area contributed by atoms with Crippen molar-refractivity contribution in [3.8, 4) is 0 Å². The highest BCUT2D eigenvalue weighted by atomic mass is 32.2. The zero-order chi connectivity index (χ0) is 11.0. The molecule has 0 spiro atoms. The molecule has 0 unspecified atom stereocenters. The van der Waals surface area contributed by atoms with Gasteiger partial charge in [0.2, 0.25) is 0 Å². The van der Waals surface area contributed by atoms with E-state index in [1.54, 1.807) is 0 Å². The lowest BCUT2D eigenvalue weighted by molar-refractivity contribution is -0.0436. The number of sulfone groups is 1. The Kier molecular flexibility index (Phi) is 2.58. The summed E-state index contributed by atoms with van der Waals surface area (Å²) in [6, 6.07) is 4.71. The van der Waals surface area contributed by atoms with Crippen LogP contribution in [0.2, 0.25) is 0 Å². The third-order valence-corrected chi connectivity index (χ3v) is 3.09. The van der Waals surface area contributed by atoms with E-state index in [0.29, 0.717) is 5.56 Å². The minimum Gasteiger partial charge on any atom is -0.214 e. The van der Waals surface area contributed by atoms with Gasteiger partial charge in [0.15, 0.2) is 0 Å². The standard InChI is InChI=1S/C8H7F3O2S/c1-6-3-2-4-7(5-6)14(12,13)8(9,10)11/h2-5H,1H3. The normalized spacial score (nSPS) is 12.9. The zero-order valence-electron chi connectivity index (χ0n) is 7.17. The number of benzene rings is 1. The van der Waals surface area contributed by atoms with Gasteiger partial charge in [-0.05, 0) is 24.6 Å². The molecule has 1 rings (SSSR count). The fourth-order valence-electron chi connectivity index (χ4n) is 0.916. The van der Waals surface area contributed by atoms with Gasteiger partial charge in [-0.15, -0.1) is 0 Å². The quantitative estimate of drug-likeness (QED) is 0.733. The van der Waals surface area contributed by atoms with Crippen LogP contribution in [-0.2, 0) is 9.84 Å². The molecule has 78 valence electrons. The van der Waals surface area contributed by atoms with E-state index >= 15 is 0 Å². The summed E-state index contributed by atoms with van der Waals surface area (Å²) in [4.78, 5) is -0.718. The van der Waals surface area contributed by atoms with Crippen LogP contribution in [0.15, 0.2) is 29.2 Å². The molecule has 1 aromatic rings. The molecule has 0 atom stereocenters. The molecule has 6 heteroatoms. The lowest BCUT2D eigenvalue weighted by Gasteiger charge is -2.07. The van der Waals surface area contributed by atoms with E-state index in [4.69, 9.17) is 0 Å². The Labute approximate surface area is 79.3 Å². The lowest BCUT2D eigenvalue weighted by atomic mass is 10.2. The van der Waals surface area contributed by atoms with Crippen molar-refractivity contribution in [1.29, 1.82) is 0 Å². The smallest absolute Gasteiger partial charge is 0.214 e. The van der Waals surface area contributed by atoms with E-state index in [9.17, 15) is 21.6 Å². The van der Waals surface area contributed by atoms with Crippen molar-refractivity contribution in [1.82, 2.24) is 0 Å². The van der Waals surface area contributed by atoms with Gasteiger partial charge in [0, 0.05) is 0 Å². The van der Waals surface area contributed by atoms with Gasteiger partial charge >= 0.3 is 5.51 Å². The molecule has 0 radical (unpaired) electrons. The molecule has 2 nitrogen and oxygen atoms in total. The van der Waals surface area contributed by atoms with E-state index < -0.39 is 20.2 Å². The molecule has 1 aromatic carbocycles.